The first-order valence-corrected chi connectivity index (χ1v) is 31.0. The number of amides is 5. The molecule has 4 aliphatic rings. The van der Waals surface area contributed by atoms with Crippen LogP contribution in [-0.2, 0) is 76.3 Å². The van der Waals surface area contributed by atoms with Crippen molar-refractivity contribution in [2.75, 3.05) is 46.4 Å². The van der Waals surface area contributed by atoms with E-state index < -0.39 is 138 Å². The zero-order valence-electron chi connectivity index (χ0n) is 53.0. The van der Waals surface area contributed by atoms with E-state index in [1.807, 2.05) is 13.0 Å². The Kier molecular flexibility index (Phi) is 25.2. The van der Waals surface area contributed by atoms with Crippen LogP contribution in [0, 0.1) is 23.7 Å². The second kappa shape index (κ2) is 31.4. The maximum Gasteiger partial charge on any atom is 0.417 e. The molecule has 4 bridgehead atoms. The number of allylic oxidation sites excluding steroid dienone is 3. The number of nitrogens with one attached hydrogen (secondary N) is 2. The smallest absolute Gasteiger partial charge is 0.417 e. The van der Waals surface area contributed by atoms with Crippen LogP contribution in [0.4, 0.5) is 23.7 Å². The number of likely N-dealkylation sites (N-methyl/N-ethyl adjacent to an activating group) is 1. The Morgan fingerprint density at radius 2 is 1.72 bits per heavy atom. The van der Waals surface area contributed by atoms with Gasteiger partial charge in [-0.25, -0.2) is 9.59 Å². The summed E-state index contributed by atoms with van der Waals surface area (Å²) in [5.74, 6) is -7.21. The predicted molar refractivity (Wildman–Crippen MR) is 325 cm³/mol. The molecule has 5 N–H and O–H groups in total. The molecule has 3 aliphatic heterocycles. The Morgan fingerprint density at radius 3 is 2.36 bits per heavy atom. The highest BCUT2D eigenvalue weighted by Crippen LogP contribution is 2.50. The molecule has 1 aliphatic carbocycles. The maximum absolute atomic E-state index is 15.2. The molecule has 0 spiro atoms. The SMILES string of the molecule is COc1cc2cc(c1Cl)N(C)C(=O)C[C@H](OC(=O)[C@H](C)N(C)C(=O)c1ccc(CC(=O)[C@H](CCCNC(N)=O)NC(=O)[C@@H](CC(=O)CCCCCOC(=O)C3CCC3)C(C)C)cc1C(F)(F)F)[C@]1(C)O[C@H]1[C@H](C)[C@@H]1C[C@@](O)(CC(=O)O1)[C@H](OC)/C=C/C=C(\C)C2. The first-order chi connectivity index (χ1) is 42.3. The summed E-state index contributed by atoms with van der Waals surface area (Å²) < 4.78 is 80.3. The number of alkyl halides is 3. The number of fused-ring (bicyclic) bond motifs is 5. The lowest BCUT2D eigenvalue weighted by atomic mass is 9.78. The second-order valence-electron chi connectivity index (χ2n) is 24.8. The molecule has 21 nitrogen and oxygen atoms in total. The fourth-order valence-corrected chi connectivity index (χ4v) is 12.0. The number of aliphatic hydroxyl groups is 1. The molecule has 0 aromatic heterocycles. The van der Waals surface area contributed by atoms with Crippen LogP contribution in [0.1, 0.15) is 152 Å². The number of ether oxygens (including phenoxy) is 6. The molecule has 3 heterocycles. The Labute approximate surface area is 528 Å². The molecule has 6 rings (SSSR count). The molecule has 2 saturated heterocycles. The largest absolute Gasteiger partial charge is 0.495 e. The quantitative estimate of drug-likeness (QED) is 0.0315. The van der Waals surface area contributed by atoms with Crippen molar-refractivity contribution in [1.82, 2.24) is 15.5 Å². The van der Waals surface area contributed by atoms with Crippen LogP contribution < -0.4 is 26.0 Å². The van der Waals surface area contributed by atoms with Gasteiger partial charge in [-0.3, -0.25) is 33.6 Å². The van der Waals surface area contributed by atoms with E-state index in [1.54, 1.807) is 52.0 Å². The summed E-state index contributed by atoms with van der Waals surface area (Å²) in [4.78, 5) is 123. The molecule has 5 amide bonds. The van der Waals surface area contributed by atoms with Gasteiger partial charge in [0.15, 0.2) is 5.78 Å². The van der Waals surface area contributed by atoms with Crippen LogP contribution in [0.3, 0.4) is 0 Å². The minimum absolute atomic E-state index is 0.00397. The molecule has 0 radical (unpaired) electrons. The molecule has 3 fully saturated rings. The van der Waals surface area contributed by atoms with E-state index in [-0.39, 0.29) is 90.9 Å². The lowest BCUT2D eigenvalue weighted by molar-refractivity contribution is -0.187. The number of primary amides is 1. The van der Waals surface area contributed by atoms with Gasteiger partial charge in [0.2, 0.25) is 11.8 Å². The highest BCUT2D eigenvalue weighted by atomic mass is 35.5. The van der Waals surface area contributed by atoms with Crippen molar-refractivity contribution >= 4 is 70.5 Å². The van der Waals surface area contributed by atoms with Crippen molar-refractivity contribution in [2.24, 2.45) is 29.4 Å². The summed E-state index contributed by atoms with van der Waals surface area (Å²) in [7, 11) is 5.36. The summed E-state index contributed by atoms with van der Waals surface area (Å²) in [6, 6.07) is 2.31. The minimum Gasteiger partial charge on any atom is -0.495 e. The number of carbonyl (C=O) groups excluding carboxylic acids is 9. The van der Waals surface area contributed by atoms with Crippen molar-refractivity contribution in [3.05, 3.63) is 81.4 Å². The lowest BCUT2D eigenvalue weighted by Crippen LogP contribution is -2.53. The molecule has 2 aromatic rings. The highest BCUT2D eigenvalue weighted by Gasteiger charge is 2.64. The van der Waals surface area contributed by atoms with E-state index in [0.717, 1.165) is 48.9 Å². The third kappa shape index (κ3) is 18.6. The fourth-order valence-electron chi connectivity index (χ4n) is 11.7. The topological polar surface area (TPSA) is 289 Å². The number of esters is 3. The number of ketones is 2. The van der Waals surface area contributed by atoms with Crippen LogP contribution in [0.15, 0.2) is 54.1 Å². The first kappa shape index (κ1) is 72.2. The number of carbonyl (C=O) groups is 9. The number of anilines is 1. The fraction of sp³-hybridized carbons (Fsp3) is 0.615. The van der Waals surface area contributed by atoms with Gasteiger partial charge in [0, 0.05) is 65.3 Å². The lowest BCUT2D eigenvalue weighted by Gasteiger charge is -2.41. The summed E-state index contributed by atoms with van der Waals surface area (Å²) in [5, 5.41) is 17.2. The third-order valence-corrected chi connectivity index (χ3v) is 18.1. The summed E-state index contributed by atoms with van der Waals surface area (Å²) in [6.07, 6.45) is -1.24. The van der Waals surface area contributed by atoms with Crippen LogP contribution in [0.5, 0.6) is 5.75 Å². The number of hydrogen-bond acceptors (Lipinski definition) is 16. The number of epoxide rings is 1. The maximum atomic E-state index is 15.2. The van der Waals surface area contributed by atoms with Gasteiger partial charge >= 0.3 is 30.1 Å². The van der Waals surface area contributed by atoms with E-state index >= 15 is 13.2 Å². The zero-order valence-corrected chi connectivity index (χ0v) is 53.7. The van der Waals surface area contributed by atoms with Crippen LogP contribution in [0.25, 0.3) is 0 Å². The summed E-state index contributed by atoms with van der Waals surface area (Å²) in [5.41, 5.74) is 1.28. The Balaban J connectivity index is 1.20. The number of benzene rings is 2. The Morgan fingerprint density at radius 1 is 1.01 bits per heavy atom. The monoisotopic (exact) mass is 1290 g/mol. The van der Waals surface area contributed by atoms with Crippen molar-refractivity contribution in [3.63, 3.8) is 0 Å². The number of Topliss-reactive ketones (excluding diaryl/α,β-unsaturated/α-hetero) is 2. The average Bonchev–Trinajstić information content (AvgIpc) is 1.57. The number of methoxy groups -OCH3 is 2. The average molecular weight is 1290 g/mol. The Hall–Kier alpha value is -6.89. The number of unbranched alkanes of at least 4 members (excludes halogenated alkanes) is 2. The molecule has 1 saturated carbocycles. The normalized spacial score (nSPS) is 25.0. The van der Waals surface area contributed by atoms with Gasteiger partial charge in [-0.15, -0.1) is 0 Å². The summed E-state index contributed by atoms with van der Waals surface area (Å²) >= 11 is 6.83. The molecule has 90 heavy (non-hydrogen) atoms. The molecule has 2 aromatic carbocycles. The number of hydrogen-bond donors (Lipinski definition) is 4. The Bertz CT molecular complexity index is 3040. The number of halogens is 4. The predicted octanol–water partition coefficient (Wildman–Crippen LogP) is 8.28. The highest BCUT2D eigenvalue weighted by molar-refractivity contribution is 6.35. The summed E-state index contributed by atoms with van der Waals surface area (Å²) in [6.45, 7) is 10.1. The van der Waals surface area contributed by atoms with Gasteiger partial charge in [-0.05, 0) is 113 Å². The molecule has 25 heteroatoms. The van der Waals surface area contributed by atoms with Crippen molar-refractivity contribution < 1.29 is 89.8 Å². The third-order valence-electron chi connectivity index (χ3n) is 17.8. The second-order valence-corrected chi connectivity index (χ2v) is 25.2. The van der Waals surface area contributed by atoms with E-state index in [4.69, 9.17) is 45.8 Å². The van der Waals surface area contributed by atoms with Gasteiger partial charge in [-0.1, -0.05) is 68.7 Å². The van der Waals surface area contributed by atoms with Crippen molar-refractivity contribution in [1.29, 1.82) is 0 Å². The first-order valence-electron chi connectivity index (χ1n) is 30.6. The number of nitrogens with two attached hydrogens (primary N) is 1. The van der Waals surface area contributed by atoms with Crippen molar-refractivity contribution in [2.45, 2.75) is 192 Å². The molecular formula is C65H87ClF3N5O16. The van der Waals surface area contributed by atoms with E-state index in [9.17, 15) is 48.3 Å². The number of nitrogens with zero attached hydrogens (tertiary/aromatic N) is 2. The zero-order chi connectivity index (χ0) is 66.6. The standard InChI is InChI=1S/C65H87ClF3N5O16/c1-36(2)45(32-43(75)20-12-11-13-26-87-61(82)42-18-15-19-42)58(79)72-47(21-16-25-71-62(70)83)49(76)30-40-23-24-44(46(28-40)65(67,68)69)59(80)73(7)39(5)60(81)89-53-33-54(77)74(8)48-29-41(31-50(85-9)56(48)66)27-37(3)17-14-22-52(86-10)64(84)34-51(88-55(78)35-64)38(4)57-63(53,6)90-57/h14,17,22-24,28-29,31,36,38-39,42,45,47,51-53,57,84H,11-13,15-16,18-21,25-27,30,32-35H2,1-10H3,(H,72,79)(H3,70,71,83)/b22-14+,37-17+/t38-,39+,45+,47+,51+,52-,53+,57+,63+,64-/m1/s1. The van der Waals surface area contributed by atoms with E-state index in [2.05, 4.69) is 10.6 Å². The van der Waals surface area contributed by atoms with Crippen LogP contribution in [0.2, 0.25) is 5.02 Å². The number of urea groups is 1. The van der Waals surface area contributed by atoms with E-state index in [1.165, 1.54) is 33.1 Å². The van der Waals surface area contributed by atoms with Crippen LogP contribution in [-0.4, -0.2) is 152 Å². The van der Waals surface area contributed by atoms with E-state index in [0.29, 0.717) is 37.3 Å². The van der Waals surface area contributed by atoms with Gasteiger partial charge in [0.25, 0.3) is 5.91 Å². The molecule has 496 valence electrons. The molecule has 10 atom stereocenters. The van der Waals surface area contributed by atoms with Gasteiger partial charge in [0.1, 0.15) is 52.1 Å². The van der Waals surface area contributed by atoms with Gasteiger partial charge in [0.05, 0.1) is 61.4 Å². The molecule has 0 unspecified atom stereocenters. The number of rotatable bonds is 25. The minimum atomic E-state index is -5.19. The van der Waals surface area contributed by atoms with Crippen molar-refractivity contribution in [3.8, 4) is 5.75 Å². The van der Waals surface area contributed by atoms with Gasteiger partial charge in [-0.2, -0.15) is 13.2 Å². The van der Waals surface area contributed by atoms with Gasteiger partial charge < -0.3 is 59.7 Å². The molecular weight excluding hydrogens is 1200 g/mol. The van der Waals surface area contributed by atoms with Crippen LogP contribution >= 0.6 is 11.6 Å².